The van der Waals surface area contributed by atoms with Crippen molar-refractivity contribution in [1.82, 2.24) is 0 Å². The topological polar surface area (TPSA) is 75.3 Å². The lowest BCUT2D eigenvalue weighted by molar-refractivity contribution is 0.0698. The van der Waals surface area contributed by atoms with Gasteiger partial charge in [-0.05, 0) is 30.2 Å². The number of nitrogens with one attached hydrogen (secondary N) is 1. The molecule has 0 spiro atoms. The first-order valence-electron chi connectivity index (χ1n) is 5.99. The molecule has 2 rings (SSSR count). The number of anilines is 2. The molecule has 2 aromatic rings. The van der Waals surface area contributed by atoms with E-state index in [1.54, 1.807) is 18.2 Å². The molecule has 0 atom stereocenters. The third-order valence-corrected chi connectivity index (χ3v) is 3.04. The first kappa shape index (κ1) is 13.0. The van der Waals surface area contributed by atoms with Crippen LogP contribution >= 0.6 is 0 Å². The average molecular weight is 256 g/mol. The normalized spacial score (nSPS) is 10.2. The predicted molar refractivity (Wildman–Crippen MR) is 76.3 cm³/mol. The van der Waals surface area contributed by atoms with Crippen molar-refractivity contribution in [2.75, 3.05) is 11.1 Å². The minimum atomic E-state index is -0.986. The summed E-state index contributed by atoms with van der Waals surface area (Å²) in [6.07, 6.45) is 0. The van der Waals surface area contributed by atoms with Gasteiger partial charge < -0.3 is 16.2 Å². The number of benzene rings is 2. The van der Waals surface area contributed by atoms with Crippen molar-refractivity contribution in [1.29, 1.82) is 0 Å². The van der Waals surface area contributed by atoms with Crippen molar-refractivity contribution in [3.63, 3.8) is 0 Å². The molecule has 0 amide bonds. The zero-order valence-corrected chi connectivity index (χ0v) is 10.7. The van der Waals surface area contributed by atoms with E-state index in [0.29, 0.717) is 17.9 Å². The second-order valence-electron chi connectivity index (χ2n) is 4.35. The molecule has 19 heavy (non-hydrogen) atoms. The molecule has 0 aliphatic carbocycles. The lowest BCUT2D eigenvalue weighted by atomic mass is 10.1. The smallest absolute Gasteiger partial charge is 0.337 e. The van der Waals surface area contributed by atoms with E-state index < -0.39 is 5.97 Å². The molecule has 0 aliphatic heterocycles. The predicted octanol–water partition coefficient (Wildman–Crippen LogP) is 2.89. The van der Waals surface area contributed by atoms with Gasteiger partial charge in [0.15, 0.2) is 0 Å². The molecule has 0 saturated heterocycles. The van der Waals surface area contributed by atoms with Gasteiger partial charge in [-0.3, -0.25) is 0 Å². The van der Waals surface area contributed by atoms with Crippen LogP contribution in [0.15, 0.2) is 42.5 Å². The Morgan fingerprint density at radius 1 is 1.21 bits per heavy atom. The van der Waals surface area contributed by atoms with E-state index in [4.69, 9.17) is 10.8 Å². The maximum atomic E-state index is 11.2. The molecule has 2 aromatic carbocycles. The maximum absolute atomic E-state index is 11.2. The number of para-hydroxylation sites is 1. The number of aryl methyl sites for hydroxylation is 1. The fourth-order valence-corrected chi connectivity index (χ4v) is 1.94. The summed E-state index contributed by atoms with van der Waals surface area (Å²) in [6.45, 7) is 2.56. The van der Waals surface area contributed by atoms with E-state index in [1.807, 2.05) is 31.2 Å². The number of nitrogens with two attached hydrogens (primary N) is 1. The molecule has 98 valence electrons. The van der Waals surface area contributed by atoms with E-state index in [-0.39, 0.29) is 5.56 Å². The summed E-state index contributed by atoms with van der Waals surface area (Å²) in [5.74, 6) is -0.986. The molecule has 4 nitrogen and oxygen atoms in total. The molecule has 0 unspecified atom stereocenters. The average Bonchev–Trinajstić information content (AvgIpc) is 2.38. The highest BCUT2D eigenvalue weighted by molar-refractivity contribution is 5.97. The van der Waals surface area contributed by atoms with Crippen molar-refractivity contribution in [2.24, 2.45) is 0 Å². The van der Waals surface area contributed by atoms with Gasteiger partial charge in [0.05, 0.1) is 16.9 Å². The van der Waals surface area contributed by atoms with Crippen LogP contribution in [-0.2, 0) is 6.54 Å². The van der Waals surface area contributed by atoms with Crippen LogP contribution in [0.3, 0.4) is 0 Å². The second kappa shape index (κ2) is 5.44. The van der Waals surface area contributed by atoms with E-state index in [2.05, 4.69) is 5.32 Å². The third-order valence-electron chi connectivity index (χ3n) is 3.04. The Morgan fingerprint density at radius 2 is 1.95 bits per heavy atom. The largest absolute Gasteiger partial charge is 0.478 e. The zero-order chi connectivity index (χ0) is 13.8. The molecule has 4 heteroatoms. The Morgan fingerprint density at radius 3 is 2.63 bits per heavy atom. The maximum Gasteiger partial charge on any atom is 0.337 e. The molecular weight excluding hydrogens is 240 g/mol. The summed E-state index contributed by atoms with van der Waals surface area (Å²) < 4.78 is 0. The van der Waals surface area contributed by atoms with Gasteiger partial charge in [-0.15, -0.1) is 0 Å². The minimum Gasteiger partial charge on any atom is -0.478 e. The number of rotatable bonds is 4. The van der Waals surface area contributed by atoms with Crippen LogP contribution < -0.4 is 11.1 Å². The van der Waals surface area contributed by atoms with Crippen LogP contribution in [0.1, 0.15) is 21.5 Å². The summed E-state index contributed by atoms with van der Waals surface area (Å²) >= 11 is 0. The van der Waals surface area contributed by atoms with Gasteiger partial charge >= 0.3 is 5.97 Å². The number of nitrogen functional groups attached to an aromatic ring is 1. The van der Waals surface area contributed by atoms with Crippen LogP contribution in [0.5, 0.6) is 0 Å². The quantitative estimate of drug-likeness (QED) is 0.735. The van der Waals surface area contributed by atoms with Crippen molar-refractivity contribution in [3.8, 4) is 0 Å². The molecule has 0 saturated carbocycles. The molecule has 0 fully saturated rings. The SMILES string of the molecule is Cc1ccccc1CNc1c(N)cccc1C(=O)O. The van der Waals surface area contributed by atoms with Gasteiger partial charge in [-0.1, -0.05) is 30.3 Å². The van der Waals surface area contributed by atoms with E-state index >= 15 is 0 Å². The lowest BCUT2D eigenvalue weighted by Gasteiger charge is -2.13. The van der Waals surface area contributed by atoms with Crippen molar-refractivity contribution in [2.45, 2.75) is 13.5 Å². The monoisotopic (exact) mass is 256 g/mol. The highest BCUT2D eigenvalue weighted by Gasteiger charge is 2.12. The summed E-state index contributed by atoms with van der Waals surface area (Å²) in [5, 5.41) is 12.3. The number of hydrogen-bond acceptors (Lipinski definition) is 3. The van der Waals surface area contributed by atoms with E-state index in [1.165, 1.54) is 0 Å². The Bertz CT molecular complexity index is 609. The third kappa shape index (κ3) is 2.85. The summed E-state index contributed by atoms with van der Waals surface area (Å²) in [6, 6.07) is 12.8. The Balaban J connectivity index is 2.25. The van der Waals surface area contributed by atoms with Crippen LogP contribution in [0.25, 0.3) is 0 Å². The van der Waals surface area contributed by atoms with Crippen LogP contribution in [0.2, 0.25) is 0 Å². The molecule has 0 heterocycles. The molecule has 0 bridgehead atoms. The number of carboxylic acids is 1. The van der Waals surface area contributed by atoms with Crippen LogP contribution in [0, 0.1) is 6.92 Å². The first-order valence-corrected chi connectivity index (χ1v) is 5.99. The molecular formula is C15H16N2O2. The molecule has 0 aliphatic rings. The Hall–Kier alpha value is -2.49. The van der Waals surface area contributed by atoms with Crippen molar-refractivity contribution < 1.29 is 9.90 Å². The van der Waals surface area contributed by atoms with Crippen LogP contribution in [-0.4, -0.2) is 11.1 Å². The first-order chi connectivity index (χ1) is 9.09. The molecule has 0 radical (unpaired) electrons. The number of carbonyl (C=O) groups is 1. The van der Waals surface area contributed by atoms with Gasteiger partial charge in [0.1, 0.15) is 0 Å². The fraction of sp³-hybridized carbons (Fsp3) is 0.133. The minimum absolute atomic E-state index is 0.189. The summed E-state index contributed by atoms with van der Waals surface area (Å²) in [5.41, 5.74) is 9.20. The number of hydrogen-bond donors (Lipinski definition) is 3. The summed E-state index contributed by atoms with van der Waals surface area (Å²) in [4.78, 5) is 11.2. The highest BCUT2D eigenvalue weighted by Crippen LogP contribution is 2.24. The fourth-order valence-electron chi connectivity index (χ4n) is 1.94. The number of aromatic carboxylic acids is 1. The van der Waals surface area contributed by atoms with E-state index in [9.17, 15) is 4.79 Å². The Kier molecular flexibility index (Phi) is 3.71. The number of carboxylic acid groups (broad SMARTS) is 1. The molecule has 0 aromatic heterocycles. The lowest BCUT2D eigenvalue weighted by Crippen LogP contribution is -2.09. The van der Waals surface area contributed by atoms with Gasteiger partial charge in [0, 0.05) is 6.54 Å². The second-order valence-corrected chi connectivity index (χ2v) is 4.35. The van der Waals surface area contributed by atoms with Crippen LogP contribution in [0.4, 0.5) is 11.4 Å². The highest BCUT2D eigenvalue weighted by atomic mass is 16.4. The van der Waals surface area contributed by atoms with Crippen molar-refractivity contribution in [3.05, 3.63) is 59.2 Å². The Labute approximate surface area is 111 Å². The van der Waals surface area contributed by atoms with Gasteiger partial charge in [0.25, 0.3) is 0 Å². The van der Waals surface area contributed by atoms with Gasteiger partial charge in [-0.25, -0.2) is 4.79 Å². The van der Waals surface area contributed by atoms with Gasteiger partial charge in [-0.2, -0.15) is 0 Å². The standard InChI is InChI=1S/C15H16N2O2/c1-10-5-2-3-6-11(10)9-17-14-12(15(18)19)7-4-8-13(14)16/h2-8,17H,9,16H2,1H3,(H,18,19). The van der Waals surface area contributed by atoms with Gasteiger partial charge in [0.2, 0.25) is 0 Å². The molecule has 4 N–H and O–H groups in total. The zero-order valence-electron chi connectivity index (χ0n) is 10.7. The van der Waals surface area contributed by atoms with Crippen molar-refractivity contribution >= 4 is 17.3 Å². The summed E-state index contributed by atoms with van der Waals surface area (Å²) in [7, 11) is 0. The van der Waals surface area contributed by atoms with E-state index in [0.717, 1.165) is 11.1 Å².